The van der Waals surface area contributed by atoms with Crippen molar-refractivity contribution in [1.29, 1.82) is 0 Å². The number of nitrogens with zero attached hydrogens (tertiary/aromatic N) is 2. The molecule has 7 nitrogen and oxygen atoms in total. The molecular weight excluding hydrogens is 396 g/mol. The van der Waals surface area contributed by atoms with E-state index >= 15 is 0 Å². The maximum atomic E-state index is 12.0. The van der Waals surface area contributed by atoms with Crippen molar-refractivity contribution in [2.24, 2.45) is 5.92 Å². The Bertz CT molecular complexity index is 833. The molecule has 1 aliphatic rings. The summed E-state index contributed by atoms with van der Waals surface area (Å²) in [6.45, 7) is 6.52. The van der Waals surface area contributed by atoms with Crippen LogP contribution in [0.3, 0.4) is 0 Å². The Kier molecular flexibility index (Phi) is 7.12. The highest BCUT2D eigenvalue weighted by Crippen LogP contribution is 2.37. The first-order valence-corrected chi connectivity index (χ1v) is 11.4. The van der Waals surface area contributed by atoms with Gasteiger partial charge in [-0.15, -0.1) is 21.5 Å². The van der Waals surface area contributed by atoms with E-state index in [4.69, 9.17) is 4.42 Å². The van der Waals surface area contributed by atoms with E-state index < -0.39 is 6.04 Å². The molecule has 0 saturated heterocycles. The molecule has 0 saturated carbocycles. The number of amides is 2. The summed E-state index contributed by atoms with van der Waals surface area (Å²) in [5.74, 6) is 0.905. The molecule has 2 amide bonds. The molecule has 0 spiro atoms. The number of aryl methyl sites for hydroxylation is 1. The van der Waals surface area contributed by atoms with Crippen LogP contribution in [0.4, 0.5) is 0 Å². The standard InChI is InChI=1S/C19H26N4O3S2/c1-4-7-20-17(25)12(3)21-16(24)10-27-19-23-22-18(26-19)15-9-13-8-11(2)5-6-14(13)28-15/h9,11-12H,4-8,10H2,1-3H3,(H,20,25)(H,21,24)/t11-,12+/m1/s1. The van der Waals surface area contributed by atoms with E-state index in [0.29, 0.717) is 23.6 Å². The summed E-state index contributed by atoms with van der Waals surface area (Å²) in [5.41, 5.74) is 1.39. The fraction of sp³-hybridized carbons (Fsp3) is 0.579. The predicted octanol–water partition coefficient (Wildman–Crippen LogP) is 3.05. The highest BCUT2D eigenvalue weighted by atomic mass is 32.2. The van der Waals surface area contributed by atoms with Gasteiger partial charge in [0.15, 0.2) is 0 Å². The Balaban J connectivity index is 1.51. The topological polar surface area (TPSA) is 97.1 Å². The van der Waals surface area contributed by atoms with Crippen LogP contribution in [0, 0.1) is 5.92 Å². The van der Waals surface area contributed by atoms with Crippen molar-refractivity contribution in [3.63, 3.8) is 0 Å². The van der Waals surface area contributed by atoms with Crippen molar-refractivity contribution in [2.45, 2.75) is 57.7 Å². The third kappa shape index (κ3) is 5.35. The Morgan fingerprint density at radius 3 is 3.04 bits per heavy atom. The Morgan fingerprint density at radius 2 is 2.25 bits per heavy atom. The van der Waals surface area contributed by atoms with Gasteiger partial charge in [0.2, 0.25) is 11.8 Å². The van der Waals surface area contributed by atoms with Crippen LogP contribution in [-0.4, -0.2) is 40.4 Å². The summed E-state index contributed by atoms with van der Waals surface area (Å²) >= 11 is 2.89. The summed E-state index contributed by atoms with van der Waals surface area (Å²) < 4.78 is 5.72. The number of nitrogens with one attached hydrogen (secondary N) is 2. The largest absolute Gasteiger partial charge is 0.410 e. The van der Waals surface area contributed by atoms with E-state index in [1.165, 1.54) is 28.6 Å². The number of thiophene rings is 1. The normalized spacial score (nSPS) is 17.0. The molecular formula is C19H26N4O3S2. The van der Waals surface area contributed by atoms with Crippen molar-refractivity contribution in [3.8, 4) is 10.8 Å². The van der Waals surface area contributed by atoms with Crippen LogP contribution in [0.5, 0.6) is 0 Å². The van der Waals surface area contributed by atoms with Gasteiger partial charge in [-0.2, -0.15) is 0 Å². The molecule has 152 valence electrons. The van der Waals surface area contributed by atoms with Gasteiger partial charge in [0.1, 0.15) is 6.04 Å². The van der Waals surface area contributed by atoms with Crippen LogP contribution in [0.2, 0.25) is 0 Å². The Hall–Kier alpha value is -1.87. The van der Waals surface area contributed by atoms with Gasteiger partial charge in [-0.3, -0.25) is 9.59 Å². The van der Waals surface area contributed by atoms with E-state index in [9.17, 15) is 9.59 Å². The Labute approximate surface area is 173 Å². The molecule has 3 rings (SSSR count). The molecule has 0 fully saturated rings. The minimum absolute atomic E-state index is 0.117. The third-order valence-corrected chi connectivity index (χ3v) is 6.64. The van der Waals surface area contributed by atoms with Crippen LogP contribution in [-0.2, 0) is 22.4 Å². The SMILES string of the molecule is CCCNC(=O)[C@H](C)NC(=O)CSc1nnc(-c2cc3c(s2)CC[C@@H](C)C3)o1. The lowest BCUT2D eigenvalue weighted by atomic mass is 9.90. The first-order valence-electron chi connectivity index (χ1n) is 9.61. The van der Waals surface area contributed by atoms with Crippen molar-refractivity contribution < 1.29 is 14.0 Å². The van der Waals surface area contributed by atoms with E-state index in [2.05, 4.69) is 33.8 Å². The van der Waals surface area contributed by atoms with Crippen LogP contribution < -0.4 is 10.6 Å². The van der Waals surface area contributed by atoms with Crippen LogP contribution >= 0.6 is 23.1 Å². The van der Waals surface area contributed by atoms with Crippen LogP contribution in [0.15, 0.2) is 15.7 Å². The van der Waals surface area contributed by atoms with Crippen molar-refractivity contribution in [1.82, 2.24) is 20.8 Å². The van der Waals surface area contributed by atoms with Gasteiger partial charge in [-0.25, -0.2) is 0 Å². The average Bonchev–Trinajstić information content (AvgIpc) is 3.30. The summed E-state index contributed by atoms with van der Waals surface area (Å²) in [6, 6.07) is 1.58. The fourth-order valence-corrected chi connectivity index (χ4v) is 4.76. The molecule has 0 radical (unpaired) electrons. The highest BCUT2D eigenvalue weighted by molar-refractivity contribution is 7.99. The van der Waals surface area contributed by atoms with Crippen molar-refractivity contribution >= 4 is 34.9 Å². The molecule has 28 heavy (non-hydrogen) atoms. The lowest BCUT2D eigenvalue weighted by Gasteiger charge is -2.16. The zero-order valence-corrected chi connectivity index (χ0v) is 18.0. The number of thioether (sulfide) groups is 1. The monoisotopic (exact) mass is 422 g/mol. The molecule has 9 heteroatoms. The molecule has 0 aromatic carbocycles. The summed E-state index contributed by atoms with van der Waals surface area (Å²) in [4.78, 5) is 26.3. The molecule has 2 aromatic heterocycles. The summed E-state index contributed by atoms with van der Waals surface area (Å²) in [7, 11) is 0. The number of carbonyl (C=O) groups is 2. The zero-order chi connectivity index (χ0) is 20.1. The van der Waals surface area contributed by atoms with Crippen molar-refractivity contribution in [3.05, 3.63) is 16.5 Å². The third-order valence-electron chi connectivity index (χ3n) is 4.59. The molecule has 2 heterocycles. The number of hydrogen-bond acceptors (Lipinski definition) is 7. The minimum atomic E-state index is -0.572. The van der Waals surface area contributed by atoms with Gasteiger partial charge in [-0.05, 0) is 50.2 Å². The second kappa shape index (κ2) is 9.56. The number of aromatic nitrogens is 2. The van der Waals surface area contributed by atoms with Gasteiger partial charge in [0.05, 0.1) is 10.6 Å². The second-order valence-corrected chi connectivity index (χ2v) is 9.21. The maximum Gasteiger partial charge on any atom is 0.277 e. The predicted molar refractivity (Wildman–Crippen MR) is 110 cm³/mol. The van der Waals surface area contributed by atoms with E-state index in [-0.39, 0.29) is 17.6 Å². The number of fused-ring (bicyclic) bond motifs is 1. The molecule has 2 aromatic rings. The molecule has 2 N–H and O–H groups in total. The lowest BCUT2D eigenvalue weighted by Crippen LogP contribution is -2.45. The van der Waals surface area contributed by atoms with E-state index in [1.54, 1.807) is 18.3 Å². The van der Waals surface area contributed by atoms with Gasteiger partial charge in [-0.1, -0.05) is 25.6 Å². The first-order chi connectivity index (χ1) is 13.5. The van der Waals surface area contributed by atoms with E-state index in [0.717, 1.165) is 24.1 Å². The summed E-state index contributed by atoms with van der Waals surface area (Å²) in [6.07, 6.45) is 4.29. The van der Waals surface area contributed by atoms with Gasteiger partial charge in [0.25, 0.3) is 11.1 Å². The second-order valence-electron chi connectivity index (χ2n) is 7.15. The van der Waals surface area contributed by atoms with Crippen molar-refractivity contribution in [2.75, 3.05) is 12.3 Å². The van der Waals surface area contributed by atoms with E-state index in [1.807, 2.05) is 6.92 Å². The highest BCUT2D eigenvalue weighted by Gasteiger charge is 2.21. The molecule has 1 aliphatic carbocycles. The van der Waals surface area contributed by atoms with Gasteiger partial charge in [0, 0.05) is 11.4 Å². The number of rotatable bonds is 8. The molecule has 0 aliphatic heterocycles. The molecule has 2 atom stereocenters. The lowest BCUT2D eigenvalue weighted by molar-refractivity contribution is -0.127. The minimum Gasteiger partial charge on any atom is -0.410 e. The average molecular weight is 423 g/mol. The smallest absolute Gasteiger partial charge is 0.277 e. The number of carbonyl (C=O) groups excluding carboxylic acids is 2. The van der Waals surface area contributed by atoms with Gasteiger partial charge >= 0.3 is 0 Å². The first kappa shape index (κ1) is 20.9. The quantitative estimate of drug-likeness (QED) is 0.635. The fourth-order valence-electron chi connectivity index (χ4n) is 3.06. The molecule has 0 bridgehead atoms. The summed E-state index contributed by atoms with van der Waals surface area (Å²) in [5, 5.41) is 13.9. The Morgan fingerprint density at radius 1 is 1.43 bits per heavy atom. The van der Waals surface area contributed by atoms with Gasteiger partial charge < -0.3 is 15.1 Å². The molecule has 0 unspecified atom stereocenters. The maximum absolute atomic E-state index is 12.0. The van der Waals surface area contributed by atoms with Crippen LogP contribution in [0.1, 0.15) is 44.1 Å². The zero-order valence-electron chi connectivity index (χ0n) is 16.4. The van der Waals surface area contributed by atoms with Crippen LogP contribution in [0.25, 0.3) is 10.8 Å². The number of hydrogen-bond donors (Lipinski definition) is 2.